The summed E-state index contributed by atoms with van der Waals surface area (Å²) >= 11 is 0. The minimum atomic E-state index is -3.11. The molecule has 0 spiro atoms. The van der Waals surface area contributed by atoms with Crippen LogP contribution in [0.5, 0.6) is 0 Å². The SMILES string of the molecule is CS(=O)(=O)C=Cc1cccc(C=O)c1. The molecule has 0 amide bonds. The summed E-state index contributed by atoms with van der Waals surface area (Å²) in [5.74, 6) is 0. The second-order valence-electron chi connectivity index (χ2n) is 2.92. The van der Waals surface area contributed by atoms with Crippen molar-refractivity contribution in [1.82, 2.24) is 0 Å². The third-order valence-electron chi connectivity index (χ3n) is 1.55. The number of rotatable bonds is 3. The summed E-state index contributed by atoms with van der Waals surface area (Å²) < 4.78 is 21.6. The molecular weight excluding hydrogens is 200 g/mol. The third-order valence-corrected chi connectivity index (χ3v) is 2.18. The summed E-state index contributed by atoms with van der Waals surface area (Å²) in [6.45, 7) is 0. The van der Waals surface area contributed by atoms with Crippen LogP contribution in [0.25, 0.3) is 6.08 Å². The first-order valence-electron chi connectivity index (χ1n) is 3.95. The highest BCUT2D eigenvalue weighted by atomic mass is 32.2. The maximum absolute atomic E-state index is 10.8. The number of aldehydes is 1. The molecule has 0 atom stereocenters. The van der Waals surface area contributed by atoms with E-state index in [1.807, 2.05) is 0 Å². The van der Waals surface area contributed by atoms with E-state index in [1.165, 1.54) is 6.08 Å². The summed E-state index contributed by atoms with van der Waals surface area (Å²) in [6, 6.07) is 6.71. The van der Waals surface area contributed by atoms with E-state index in [-0.39, 0.29) is 0 Å². The lowest BCUT2D eigenvalue weighted by atomic mass is 10.1. The van der Waals surface area contributed by atoms with Gasteiger partial charge < -0.3 is 0 Å². The molecule has 14 heavy (non-hydrogen) atoms. The zero-order valence-corrected chi connectivity index (χ0v) is 8.49. The number of carbonyl (C=O) groups excluding carboxylic acids is 1. The monoisotopic (exact) mass is 210 g/mol. The maximum atomic E-state index is 10.8. The van der Waals surface area contributed by atoms with Gasteiger partial charge in [-0.2, -0.15) is 0 Å². The summed E-state index contributed by atoms with van der Waals surface area (Å²) in [5.41, 5.74) is 1.22. The van der Waals surface area contributed by atoms with E-state index in [2.05, 4.69) is 0 Å². The predicted molar refractivity (Wildman–Crippen MR) is 55.7 cm³/mol. The fourth-order valence-corrected chi connectivity index (χ4v) is 1.34. The number of hydrogen-bond acceptors (Lipinski definition) is 3. The zero-order chi connectivity index (χ0) is 10.6. The largest absolute Gasteiger partial charge is 0.298 e. The Labute approximate surface area is 83.0 Å². The molecule has 0 aromatic heterocycles. The van der Waals surface area contributed by atoms with Gasteiger partial charge in [-0.15, -0.1) is 0 Å². The molecule has 0 saturated heterocycles. The standard InChI is InChI=1S/C10H10O3S/c1-14(12,13)6-5-9-3-2-4-10(7-9)8-11/h2-8H,1H3. The highest BCUT2D eigenvalue weighted by Crippen LogP contribution is 2.06. The number of sulfone groups is 1. The Morgan fingerprint density at radius 3 is 2.43 bits per heavy atom. The minimum absolute atomic E-state index is 0.528. The first-order chi connectivity index (χ1) is 6.51. The predicted octanol–water partition coefficient (Wildman–Crippen LogP) is 1.51. The van der Waals surface area contributed by atoms with Gasteiger partial charge in [-0.05, 0) is 17.7 Å². The highest BCUT2D eigenvalue weighted by Gasteiger charge is 1.94. The Balaban J connectivity index is 2.98. The molecule has 0 bridgehead atoms. The number of hydrogen-bond donors (Lipinski definition) is 0. The summed E-state index contributed by atoms with van der Waals surface area (Å²) in [4.78, 5) is 10.4. The van der Waals surface area contributed by atoms with Gasteiger partial charge in [-0.25, -0.2) is 8.42 Å². The van der Waals surface area contributed by atoms with Crippen molar-refractivity contribution in [2.75, 3.05) is 6.26 Å². The maximum Gasteiger partial charge on any atom is 0.168 e. The topological polar surface area (TPSA) is 51.2 Å². The van der Waals surface area contributed by atoms with Crippen LogP contribution >= 0.6 is 0 Å². The Morgan fingerprint density at radius 2 is 1.86 bits per heavy atom. The first kappa shape index (κ1) is 10.7. The van der Waals surface area contributed by atoms with E-state index in [0.29, 0.717) is 11.1 Å². The molecule has 0 N–H and O–H groups in total. The van der Waals surface area contributed by atoms with E-state index in [4.69, 9.17) is 0 Å². The molecule has 0 heterocycles. The van der Waals surface area contributed by atoms with Crippen LogP contribution in [0.1, 0.15) is 15.9 Å². The van der Waals surface area contributed by atoms with Crippen molar-refractivity contribution in [3.63, 3.8) is 0 Å². The Bertz CT molecular complexity index is 458. The molecule has 0 unspecified atom stereocenters. The van der Waals surface area contributed by atoms with Gasteiger partial charge in [0.2, 0.25) is 0 Å². The average Bonchev–Trinajstić information content (AvgIpc) is 2.14. The van der Waals surface area contributed by atoms with Crippen molar-refractivity contribution in [2.45, 2.75) is 0 Å². The molecule has 0 aliphatic rings. The van der Waals surface area contributed by atoms with Gasteiger partial charge >= 0.3 is 0 Å². The molecule has 1 aromatic rings. The Hall–Kier alpha value is -1.42. The third kappa shape index (κ3) is 3.53. The lowest BCUT2D eigenvalue weighted by Gasteiger charge is -1.93. The highest BCUT2D eigenvalue weighted by molar-refractivity contribution is 7.93. The van der Waals surface area contributed by atoms with Crippen LogP contribution in [-0.4, -0.2) is 21.0 Å². The number of benzene rings is 1. The Kier molecular flexibility index (Phi) is 3.19. The van der Waals surface area contributed by atoms with Crippen LogP contribution in [0.15, 0.2) is 29.7 Å². The van der Waals surface area contributed by atoms with Crippen LogP contribution in [0, 0.1) is 0 Å². The fraction of sp³-hybridized carbons (Fsp3) is 0.100. The molecular formula is C10H10O3S. The van der Waals surface area contributed by atoms with Gasteiger partial charge in [0.15, 0.2) is 9.84 Å². The molecule has 0 aliphatic carbocycles. The van der Waals surface area contributed by atoms with Crippen molar-refractivity contribution in [1.29, 1.82) is 0 Å². The minimum Gasteiger partial charge on any atom is -0.298 e. The van der Waals surface area contributed by atoms with E-state index in [9.17, 15) is 13.2 Å². The lowest BCUT2D eigenvalue weighted by Crippen LogP contribution is -1.88. The van der Waals surface area contributed by atoms with Crippen molar-refractivity contribution in [3.05, 3.63) is 40.8 Å². The van der Waals surface area contributed by atoms with Crippen LogP contribution in [-0.2, 0) is 9.84 Å². The lowest BCUT2D eigenvalue weighted by molar-refractivity contribution is 0.112. The number of carbonyl (C=O) groups is 1. The second kappa shape index (κ2) is 4.19. The van der Waals surface area contributed by atoms with Crippen molar-refractivity contribution in [3.8, 4) is 0 Å². The summed E-state index contributed by atoms with van der Waals surface area (Å²) in [5, 5.41) is 1.11. The quantitative estimate of drug-likeness (QED) is 0.710. The van der Waals surface area contributed by atoms with Crippen molar-refractivity contribution in [2.24, 2.45) is 0 Å². The Morgan fingerprint density at radius 1 is 1.21 bits per heavy atom. The smallest absolute Gasteiger partial charge is 0.168 e. The molecule has 74 valence electrons. The summed E-state index contributed by atoms with van der Waals surface area (Å²) in [6.07, 6.45) is 3.30. The van der Waals surface area contributed by atoms with E-state index in [0.717, 1.165) is 17.9 Å². The van der Waals surface area contributed by atoms with Crippen LogP contribution < -0.4 is 0 Å². The molecule has 1 rings (SSSR count). The van der Waals surface area contributed by atoms with Crippen LogP contribution in [0.4, 0.5) is 0 Å². The molecule has 0 aliphatic heterocycles. The van der Waals surface area contributed by atoms with Crippen LogP contribution in [0.3, 0.4) is 0 Å². The molecule has 4 heteroatoms. The molecule has 0 saturated carbocycles. The molecule has 3 nitrogen and oxygen atoms in total. The van der Waals surface area contributed by atoms with E-state index < -0.39 is 9.84 Å². The van der Waals surface area contributed by atoms with Crippen molar-refractivity contribution < 1.29 is 13.2 Å². The van der Waals surface area contributed by atoms with Gasteiger partial charge in [0.05, 0.1) is 0 Å². The molecule has 1 aromatic carbocycles. The fourth-order valence-electron chi connectivity index (χ4n) is 0.938. The van der Waals surface area contributed by atoms with Crippen molar-refractivity contribution >= 4 is 22.2 Å². The van der Waals surface area contributed by atoms with E-state index >= 15 is 0 Å². The van der Waals surface area contributed by atoms with Gasteiger partial charge in [-0.1, -0.05) is 18.2 Å². The molecule has 0 fully saturated rings. The second-order valence-corrected chi connectivity index (χ2v) is 4.85. The first-order valence-corrected chi connectivity index (χ1v) is 5.90. The normalized spacial score (nSPS) is 11.8. The van der Waals surface area contributed by atoms with E-state index in [1.54, 1.807) is 24.3 Å². The van der Waals surface area contributed by atoms with Gasteiger partial charge in [-0.3, -0.25) is 4.79 Å². The molecule has 0 radical (unpaired) electrons. The van der Waals surface area contributed by atoms with Crippen LogP contribution in [0.2, 0.25) is 0 Å². The van der Waals surface area contributed by atoms with Gasteiger partial charge in [0, 0.05) is 17.2 Å². The van der Waals surface area contributed by atoms with Gasteiger partial charge in [0.1, 0.15) is 6.29 Å². The summed E-state index contributed by atoms with van der Waals surface area (Å²) in [7, 11) is -3.11. The average molecular weight is 210 g/mol. The zero-order valence-electron chi connectivity index (χ0n) is 7.67. The van der Waals surface area contributed by atoms with Gasteiger partial charge in [0.25, 0.3) is 0 Å².